The first kappa shape index (κ1) is 25.4. The van der Waals surface area contributed by atoms with Gasteiger partial charge in [-0.1, -0.05) is 68.5 Å². The van der Waals surface area contributed by atoms with Gasteiger partial charge in [0.15, 0.2) is 5.17 Å². The number of carbonyl (C=O) groups is 2. The van der Waals surface area contributed by atoms with E-state index in [1.807, 2.05) is 25.1 Å². The fourth-order valence-electron chi connectivity index (χ4n) is 5.26. The van der Waals surface area contributed by atoms with E-state index in [1.165, 1.54) is 38.5 Å². The van der Waals surface area contributed by atoms with Crippen LogP contribution in [0.25, 0.3) is 0 Å². The molecule has 0 radical (unpaired) electrons. The first-order chi connectivity index (χ1) is 16.6. The molecule has 2 unspecified atom stereocenters. The molecule has 2 fully saturated rings. The third-order valence-corrected chi connectivity index (χ3v) is 9.53. The van der Waals surface area contributed by atoms with Crippen LogP contribution in [0.4, 0.5) is 4.79 Å². The van der Waals surface area contributed by atoms with Gasteiger partial charge in [-0.3, -0.25) is 15.1 Å². The van der Waals surface area contributed by atoms with E-state index < -0.39 is 0 Å². The summed E-state index contributed by atoms with van der Waals surface area (Å²) in [6, 6.07) is 10.6. The molecule has 4 rings (SSSR count). The number of carbonyl (C=O) groups excluding carboxylic acids is 2. The van der Waals surface area contributed by atoms with Crippen molar-refractivity contribution in [1.82, 2.24) is 10.2 Å². The maximum atomic E-state index is 13.6. The minimum atomic E-state index is -0.242. The first-order valence-electron chi connectivity index (χ1n) is 12.8. The smallest absolute Gasteiger partial charge is 0.323 e. The summed E-state index contributed by atoms with van der Waals surface area (Å²) in [6.07, 6.45) is 12.0. The molecular formula is C26H37N3O3S2. The van der Waals surface area contributed by atoms with Gasteiger partial charge >= 0.3 is 12.0 Å². The maximum Gasteiger partial charge on any atom is 0.323 e. The average molecular weight is 504 g/mol. The third-order valence-electron chi connectivity index (χ3n) is 6.89. The van der Waals surface area contributed by atoms with Crippen molar-refractivity contribution in [3.8, 4) is 0 Å². The zero-order valence-electron chi connectivity index (χ0n) is 20.1. The molecule has 0 aromatic heterocycles. The summed E-state index contributed by atoms with van der Waals surface area (Å²) in [5.74, 6) is -0.242. The number of thioether (sulfide) groups is 2. The van der Waals surface area contributed by atoms with Crippen LogP contribution in [0.3, 0.4) is 0 Å². The number of amides is 2. The molecule has 34 heavy (non-hydrogen) atoms. The predicted octanol–water partition coefficient (Wildman–Crippen LogP) is 6.21. The van der Waals surface area contributed by atoms with E-state index in [0.29, 0.717) is 23.9 Å². The zero-order chi connectivity index (χ0) is 23.8. The molecule has 1 N–H and O–H groups in total. The number of amidine groups is 1. The van der Waals surface area contributed by atoms with Crippen LogP contribution in [0.15, 0.2) is 40.2 Å². The first-order valence-corrected chi connectivity index (χ1v) is 14.6. The van der Waals surface area contributed by atoms with Crippen molar-refractivity contribution >= 4 is 40.7 Å². The van der Waals surface area contributed by atoms with Crippen molar-refractivity contribution in [2.75, 3.05) is 6.61 Å². The molecule has 186 valence electrons. The molecule has 2 saturated carbocycles. The van der Waals surface area contributed by atoms with E-state index in [4.69, 9.17) is 9.73 Å². The number of hydrogen-bond acceptors (Lipinski definition) is 6. The number of rotatable bonds is 7. The van der Waals surface area contributed by atoms with E-state index in [1.54, 1.807) is 23.5 Å². The summed E-state index contributed by atoms with van der Waals surface area (Å²) < 4.78 is 5.21. The van der Waals surface area contributed by atoms with Gasteiger partial charge < -0.3 is 9.64 Å². The van der Waals surface area contributed by atoms with Crippen molar-refractivity contribution in [2.45, 2.75) is 105 Å². The van der Waals surface area contributed by atoms with Crippen LogP contribution in [0.5, 0.6) is 0 Å². The molecule has 0 saturated heterocycles. The Hall–Kier alpha value is -1.67. The van der Waals surface area contributed by atoms with Crippen molar-refractivity contribution in [3.63, 3.8) is 0 Å². The van der Waals surface area contributed by atoms with E-state index in [-0.39, 0.29) is 29.0 Å². The van der Waals surface area contributed by atoms with E-state index in [0.717, 1.165) is 30.6 Å². The number of hydrogen-bond donors (Lipinski definition) is 1. The third kappa shape index (κ3) is 6.94. The van der Waals surface area contributed by atoms with E-state index in [2.05, 4.69) is 22.3 Å². The molecule has 1 aromatic rings. The molecule has 1 aliphatic heterocycles. The number of aliphatic imine (C=N–C) groups is 1. The van der Waals surface area contributed by atoms with Gasteiger partial charge in [0.2, 0.25) is 0 Å². The highest BCUT2D eigenvalue weighted by atomic mass is 32.2. The molecule has 1 aromatic carbocycles. The lowest BCUT2D eigenvalue weighted by Gasteiger charge is -2.41. The molecular weight excluding hydrogens is 466 g/mol. The van der Waals surface area contributed by atoms with Crippen molar-refractivity contribution in [1.29, 1.82) is 0 Å². The molecule has 8 heteroatoms. The minimum absolute atomic E-state index is 0.00899. The second-order valence-electron chi connectivity index (χ2n) is 9.35. The second-order valence-corrected chi connectivity index (χ2v) is 12.0. The quantitative estimate of drug-likeness (QED) is 0.448. The lowest BCUT2D eigenvalue weighted by Crippen LogP contribution is -2.53. The van der Waals surface area contributed by atoms with Crippen molar-refractivity contribution < 1.29 is 14.3 Å². The highest BCUT2D eigenvalue weighted by molar-refractivity contribution is 8.25. The zero-order valence-corrected chi connectivity index (χ0v) is 21.8. The highest BCUT2D eigenvalue weighted by Crippen LogP contribution is 2.40. The SMILES string of the molecule is CCOC(=O)CC1N=C(NC(=O)N(C2CCCCC2)C2CCCCC2)SC1Sc1ccccc1. The molecule has 2 atom stereocenters. The Labute approximate surface area is 212 Å². The highest BCUT2D eigenvalue weighted by Gasteiger charge is 2.37. The maximum absolute atomic E-state index is 13.6. The monoisotopic (exact) mass is 503 g/mol. The number of esters is 1. The van der Waals surface area contributed by atoms with Crippen LogP contribution >= 0.6 is 23.5 Å². The van der Waals surface area contributed by atoms with Gasteiger partial charge in [-0.15, -0.1) is 11.8 Å². The van der Waals surface area contributed by atoms with Gasteiger partial charge in [0.25, 0.3) is 0 Å². The summed E-state index contributed by atoms with van der Waals surface area (Å²) >= 11 is 3.25. The van der Waals surface area contributed by atoms with Crippen molar-refractivity contribution in [3.05, 3.63) is 30.3 Å². The Morgan fingerprint density at radius 3 is 2.24 bits per heavy atom. The number of benzene rings is 1. The fourth-order valence-corrected chi connectivity index (χ4v) is 7.84. The number of nitrogens with one attached hydrogen (secondary N) is 1. The van der Waals surface area contributed by atoms with Gasteiger partial charge in [0.05, 0.1) is 23.7 Å². The molecule has 3 aliphatic rings. The molecule has 2 aliphatic carbocycles. The number of nitrogens with zero attached hydrogens (tertiary/aromatic N) is 2. The predicted molar refractivity (Wildman–Crippen MR) is 140 cm³/mol. The normalized spacial score (nSPS) is 23.9. The van der Waals surface area contributed by atoms with Gasteiger partial charge in [-0.25, -0.2) is 4.79 Å². The summed E-state index contributed by atoms with van der Waals surface area (Å²) in [7, 11) is 0. The fraction of sp³-hybridized carbons (Fsp3) is 0.654. The van der Waals surface area contributed by atoms with Crippen LogP contribution in [-0.2, 0) is 9.53 Å². The van der Waals surface area contributed by atoms with Gasteiger partial charge in [0, 0.05) is 17.0 Å². The Bertz CT molecular complexity index is 821. The summed E-state index contributed by atoms with van der Waals surface area (Å²) in [4.78, 5) is 34.0. The van der Waals surface area contributed by atoms with E-state index >= 15 is 0 Å². The van der Waals surface area contributed by atoms with Crippen LogP contribution in [0, 0.1) is 0 Å². The van der Waals surface area contributed by atoms with Gasteiger partial charge in [-0.2, -0.15) is 0 Å². The second kappa shape index (κ2) is 12.9. The molecule has 0 spiro atoms. The van der Waals surface area contributed by atoms with Crippen LogP contribution in [0.2, 0.25) is 0 Å². The van der Waals surface area contributed by atoms with E-state index in [9.17, 15) is 9.59 Å². The van der Waals surface area contributed by atoms with Crippen LogP contribution in [0.1, 0.15) is 77.6 Å². The number of urea groups is 1. The Morgan fingerprint density at radius 1 is 1.03 bits per heavy atom. The Balaban J connectivity index is 1.46. The molecule has 1 heterocycles. The summed E-state index contributed by atoms with van der Waals surface area (Å²) in [5.41, 5.74) is 0. The number of ether oxygens (including phenoxy) is 1. The van der Waals surface area contributed by atoms with Crippen LogP contribution in [-0.4, -0.2) is 51.4 Å². The Morgan fingerprint density at radius 2 is 1.65 bits per heavy atom. The van der Waals surface area contributed by atoms with Crippen molar-refractivity contribution in [2.24, 2.45) is 4.99 Å². The summed E-state index contributed by atoms with van der Waals surface area (Å²) in [5, 5.41) is 3.79. The van der Waals surface area contributed by atoms with Crippen LogP contribution < -0.4 is 5.32 Å². The summed E-state index contributed by atoms with van der Waals surface area (Å²) in [6.45, 7) is 2.18. The van der Waals surface area contributed by atoms with Gasteiger partial charge in [0.1, 0.15) is 0 Å². The molecule has 6 nitrogen and oxygen atoms in total. The largest absolute Gasteiger partial charge is 0.466 e. The topological polar surface area (TPSA) is 71.0 Å². The lowest BCUT2D eigenvalue weighted by atomic mass is 9.89. The standard InChI is InChI=1S/C26H37N3O3S2/c1-2-32-23(30)18-22-24(33-21-16-10-5-11-17-21)34-25(27-22)28-26(31)29(19-12-6-3-7-13-19)20-14-8-4-9-15-20/h5,10-11,16-17,19-20,22,24H,2-4,6-9,12-15,18H2,1H3,(H,27,28,31). The average Bonchev–Trinajstić information content (AvgIpc) is 3.21. The minimum Gasteiger partial charge on any atom is -0.466 e. The molecule has 2 amide bonds. The Kier molecular flexibility index (Phi) is 9.62. The lowest BCUT2D eigenvalue weighted by molar-refractivity contribution is -0.143. The van der Waals surface area contributed by atoms with Gasteiger partial charge in [-0.05, 0) is 44.7 Å². The molecule has 0 bridgehead atoms.